The fourth-order valence-corrected chi connectivity index (χ4v) is 1.77. The van der Waals surface area contributed by atoms with Crippen molar-refractivity contribution in [3.63, 3.8) is 0 Å². The molecule has 0 amide bonds. The number of hydrogen-bond acceptors (Lipinski definition) is 1. The summed E-state index contributed by atoms with van der Waals surface area (Å²) in [5, 5.41) is 3.51. The van der Waals surface area contributed by atoms with Crippen LogP contribution in [0.3, 0.4) is 0 Å². The Kier molecular flexibility index (Phi) is 4.34. The van der Waals surface area contributed by atoms with E-state index in [2.05, 4.69) is 64.2 Å². The molecule has 1 unspecified atom stereocenters. The van der Waals surface area contributed by atoms with Crippen molar-refractivity contribution >= 4 is 0 Å². The molecule has 0 aliphatic heterocycles. The molecule has 0 fully saturated rings. The molecule has 1 heteroatoms. The van der Waals surface area contributed by atoms with Gasteiger partial charge in [0.05, 0.1) is 0 Å². The third-order valence-corrected chi connectivity index (χ3v) is 2.69. The molecule has 84 valence electrons. The van der Waals surface area contributed by atoms with Crippen molar-refractivity contribution in [2.75, 3.05) is 0 Å². The van der Waals surface area contributed by atoms with Crippen molar-refractivity contribution in [1.29, 1.82) is 0 Å². The van der Waals surface area contributed by atoms with Gasteiger partial charge in [-0.1, -0.05) is 52.0 Å². The molecule has 1 aromatic rings. The fraction of sp³-hybridized carbons (Fsp3) is 0.571. The molecule has 15 heavy (non-hydrogen) atoms. The molecule has 0 saturated carbocycles. The number of benzene rings is 1. The van der Waals surface area contributed by atoms with Crippen molar-refractivity contribution in [3.8, 4) is 0 Å². The quantitative estimate of drug-likeness (QED) is 0.787. The van der Waals surface area contributed by atoms with E-state index < -0.39 is 0 Å². The Balaban J connectivity index is 2.71. The highest BCUT2D eigenvalue weighted by Crippen LogP contribution is 2.18. The molecule has 1 nitrogen and oxygen atoms in total. The van der Waals surface area contributed by atoms with Crippen LogP contribution in [0.15, 0.2) is 24.3 Å². The van der Waals surface area contributed by atoms with Gasteiger partial charge in [-0.05, 0) is 24.0 Å². The van der Waals surface area contributed by atoms with E-state index in [1.165, 1.54) is 11.1 Å². The SMILES string of the molecule is CC(C)NC(C)c1ccc(C(C)C)cc1. The molecule has 0 heterocycles. The average molecular weight is 205 g/mol. The maximum atomic E-state index is 3.51. The van der Waals surface area contributed by atoms with Gasteiger partial charge < -0.3 is 5.32 Å². The Morgan fingerprint density at radius 3 is 1.67 bits per heavy atom. The third kappa shape index (κ3) is 3.67. The van der Waals surface area contributed by atoms with Crippen molar-refractivity contribution in [2.45, 2.75) is 52.6 Å². The molecule has 1 rings (SSSR count). The van der Waals surface area contributed by atoms with Gasteiger partial charge in [-0.2, -0.15) is 0 Å². The van der Waals surface area contributed by atoms with Gasteiger partial charge in [-0.15, -0.1) is 0 Å². The summed E-state index contributed by atoms with van der Waals surface area (Å²) in [6, 6.07) is 9.90. The van der Waals surface area contributed by atoms with Gasteiger partial charge in [-0.3, -0.25) is 0 Å². The van der Waals surface area contributed by atoms with Gasteiger partial charge in [0.2, 0.25) is 0 Å². The van der Waals surface area contributed by atoms with Crippen molar-refractivity contribution in [2.24, 2.45) is 0 Å². The van der Waals surface area contributed by atoms with Crippen LogP contribution < -0.4 is 5.32 Å². The van der Waals surface area contributed by atoms with E-state index in [4.69, 9.17) is 0 Å². The fourth-order valence-electron chi connectivity index (χ4n) is 1.77. The number of hydrogen-bond donors (Lipinski definition) is 1. The van der Waals surface area contributed by atoms with E-state index in [1.54, 1.807) is 0 Å². The second-order valence-corrected chi connectivity index (χ2v) is 4.86. The molecule has 0 aliphatic rings. The Hall–Kier alpha value is -0.820. The molecule has 1 N–H and O–H groups in total. The van der Waals surface area contributed by atoms with E-state index >= 15 is 0 Å². The van der Waals surface area contributed by atoms with Crippen molar-refractivity contribution < 1.29 is 0 Å². The average Bonchev–Trinajstić information content (AvgIpc) is 2.17. The zero-order valence-electron chi connectivity index (χ0n) is 10.5. The topological polar surface area (TPSA) is 12.0 Å². The van der Waals surface area contributed by atoms with E-state index in [-0.39, 0.29) is 0 Å². The lowest BCUT2D eigenvalue weighted by Crippen LogP contribution is -2.25. The largest absolute Gasteiger partial charge is 0.308 e. The molecule has 1 atom stereocenters. The summed E-state index contributed by atoms with van der Waals surface area (Å²) in [6.45, 7) is 11.0. The van der Waals surface area contributed by atoms with Crippen molar-refractivity contribution in [3.05, 3.63) is 35.4 Å². The lowest BCUT2D eigenvalue weighted by Gasteiger charge is -2.17. The highest BCUT2D eigenvalue weighted by Gasteiger charge is 2.06. The normalized spacial score (nSPS) is 13.5. The lowest BCUT2D eigenvalue weighted by atomic mass is 9.99. The first kappa shape index (κ1) is 12.3. The zero-order valence-corrected chi connectivity index (χ0v) is 10.5. The molecular weight excluding hydrogens is 182 g/mol. The molecule has 0 spiro atoms. The second-order valence-electron chi connectivity index (χ2n) is 4.86. The first-order valence-corrected chi connectivity index (χ1v) is 5.86. The summed E-state index contributed by atoms with van der Waals surface area (Å²) in [7, 11) is 0. The minimum atomic E-state index is 0.436. The Bertz CT molecular complexity index is 285. The molecule has 0 saturated heterocycles. The maximum Gasteiger partial charge on any atom is 0.0294 e. The van der Waals surface area contributed by atoms with Crippen LogP contribution in [0, 0.1) is 0 Å². The highest BCUT2D eigenvalue weighted by molar-refractivity contribution is 5.26. The van der Waals surface area contributed by atoms with Gasteiger partial charge >= 0.3 is 0 Å². The first-order valence-electron chi connectivity index (χ1n) is 5.86. The predicted molar refractivity (Wildman–Crippen MR) is 67.2 cm³/mol. The molecular formula is C14H23N. The van der Waals surface area contributed by atoms with Gasteiger partial charge in [0.1, 0.15) is 0 Å². The minimum Gasteiger partial charge on any atom is -0.308 e. The maximum absolute atomic E-state index is 3.51. The van der Waals surface area contributed by atoms with E-state index in [0.29, 0.717) is 18.0 Å². The van der Waals surface area contributed by atoms with Gasteiger partial charge in [0, 0.05) is 12.1 Å². The summed E-state index contributed by atoms with van der Waals surface area (Å²) in [4.78, 5) is 0. The van der Waals surface area contributed by atoms with Gasteiger partial charge in [-0.25, -0.2) is 0 Å². The molecule has 0 aliphatic carbocycles. The van der Waals surface area contributed by atoms with Crippen LogP contribution in [0.2, 0.25) is 0 Å². The lowest BCUT2D eigenvalue weighted by molar-refractivity contribution is 0.506. The van der Waals surface area contributed by atoms with Crippen LogP contribution in [-0.4, -0.2) is 6.04 Å². The Labute approximate surface area is 93.9 Å². The summed E-state index contributed by atoms with van der Waals surface area (Å²) in [5.74, 6) is 0.618. The van der Waals surface area contributed by atoms with Crippen LogP contribution >= 0.6 is 0 Å². The predicted octanol–water partition coefficient (Wildman–Crippen LogP) is 3.87. The monoisotopic (exact) mass is 205 g/mol. The zero-order chi connectivity index (χ0) is 11.4. The number of nitrogens with one attached hydrogen (secondary N) is 1. The van der Waals surface area contributed by atoms with Crippen molar-refractivity contribution in [1.82, 2.24) is 5.32 Å². The van der Waals surface area contributed by atoms with E-state index in [0.717, 1.165) is 0 Å². The minimum absolute atomic E-state index is 0.436. The Morgan fingerprint density at radius 2 is 1.27 bits per heavy atom. The van der Waals surface area contributed by atoms with Crippen LogP contribution in [0.5, 0.6) is 0 Å². The van der Waals surface area contributed by atoms with Crippen LogP contribution in [0.1, 0.15) is 57.7 Å². The summed E-state index contributed by atoms with van der Waals surface area (Å²) >= 11 is 0. The second kappa shape index (κ2) is 5.32. The number of rotatable bonds is 4. The van der Waals surface area contributed by atoms with Gasteiger partial charge in [0.15, 0.2) is 0 Å². The molecule has 0 radical (unpaired) electrons. The highest BCUT2D eigenvalue weighted by atomic mass is 14.9. The molecule has 0 bridgehead atoms. The van der Waals surface area contributed by atoms with E-state index in [1.807, 2.05) is 0 Å². The molecule has 1 aromatic carbocycles. The summed E-state index contributed by atoms with van der Waals surface area (Å²) in [6.07, 6.45) is 0. The smallest absolute Gasteiger partial charge is 0.0294 e. The molecule has 0 aromatic heterocycles. The van der Waals surface area contributed by atoms with Crippen LogP contribution in [0.25, 0.3) is 0 Å². The van der Waals surface area contributed by atoms with Crippen LogP contribution in [-0.2, 0) is 0 Å². The van der Waals surface area contributed by atoms with Crippen LogP contribution in [0.4, 0.5) is 0 Å². The third-order valence-electron chi connectivity index (χ3n) is 2.69. The Morgan fingerprint density at radius 1 is 0.800 bits per heavy atom. The summed E-state index contributed by atoms with van der Waals surface area (Å²) < 4.78 is 0. The first-order chi connectivity index (χ1) is 7.00. The van der Waals surface area contributed by atoms with Gasteiger partial charge in [0.25, 0.3) is 0 Å². The standard InChI is InChI=1S/C14H23N/c1-10(2)13-6-8-14(9-7-13)12(5)15-11(3)4/h6-12,15H,1-5H3. The van der Waals surface area contributed by atoms with E-state index in [9.17, 15) is 0 Å². The summed E-state index contributed by atoms with van der Waals surface area (Å²) in [5.41, 5.74) is 2.78.